The summed E-state index contributed by atoms with van der Waals surface area (Å²) in [6.45, 7) is 6.23. The molecule has 1 N–H and O–H groups in total. The molecule has 33 heavy (non-hydrogen) atoms. The number of aromatic nitrogens is 3. The molecule has 3 rings (SSSR count). The molecule has 0 aliphatic rings. The zero-order valence-electron chi connectivity index (χ0n) is 18.8. The fourth-order valence-electron chi connectivity index (χ4n) is 3.17. The molecule has 7 nitrogen and oxygen atoms in total. The number of carbonyl (C=O) groups excluding carboxylic acids is 1. The number of nitrogens with one attached hydrogen (secondary N) is 1. The van der Waals surface area contributed by atoms with Gasteiger partial charge in [-0.2, -0.15) is 0 Å². The van der Waals surface area contributed by atoms with Gasteiger partial charge in [0.05, 0.1) is 18.0 Å². The third-order valence-corrected chi connectivity index (χ3v) is 6.22. The van der Waals surface area contributed by atoms with Crippen molar-refractivity contribution >= 4 is 23.4 Å². The van der Waals surface area contributed by atoms with Crippen molar-refractivity contribution in [3.63, 3.8) is 0 Å². The Kier molecular flexibility index (Phi) is 8.26. The number of nitrogens with zero attached hydrogens (tertiary/aromatic N) is 3. The van der Waals surface area contributed by atoms with Crippen LogP contribution in [0.5, 0.6) is 11.5 Å². The smallest absolute Gasteiger partial charge is 0.238 e. The van der Waals surface area contributed by atoms with Crippen LogP contribution in [0.2, 0.25) is 0 Å². The highest BCUT2D eigenvalue weighted by molar-refractivity contribution is 8.00. The summed E-state index contributed by atoms with van der Waals surface area (Å²) in [6, 6.07) is 10.3. The monoisotopic (exact) mass is 476 g/mol. The van der Waals surface area contributed by atoms with E-state index in [1.807, 2.05) is 43.5 Å². The van der Waals surface area contributed by atoms with E-state index in [0.717, 1.165) is 12.1 Å². The van der Waals surface area contributed by atoms with Crippen molar-refractivity contribution in [3.8, 4) is 11.5 Å². The number of benzene rings is 2. The molecule has 1 amide bonds. The van der Waals surface area contributed by atoms with Crippen molar-refractivity contribution in [1.82, 2.24) is 14.8 Å². The van der Waals surface area contributed by atoms with Crippen LogP contribution in [0.4, 0.5) is 14.5 Å². The van der Waals surface area contributed by atoms with Crippen LogP contribution < -0.4 is 14.8 Å². The minimum atomic E-state index is -0.828. The highest BCUT2D eigenvalue weighted by Crippen LogP contribution is 2.30. The van der Waals surface area contributed by atoms with Crippen LogP contribution >= 0.6 is 11.8 Å². The molecule has 0 aliphatic carbocycles. The lowest BCUT2D eigenvalue weighted by molar-refractivity contribution is -0.115. The molecular weight excluding hydrogens is 450 g/mol. The summed E-state index contributed by atoms with van der Waals surface area (Å²) in [5, 5.41) is 11.1. The van der Waals surface area contributed by atoms with Crippen molar-refractivity contribution in [1.29, 1.82) is 0 Å². The van der Waals surface area contributed by atoms with Crippen LogP contribution in [0, 0.1) is 11.6 Å². The summed E-state index contributed by atoms with van der Waals surface area (Å²) in [7, 11) is 1.59. The standard InChI is InChI=1S/C23H26F2N4O3S/c1-5-20(22(30)26-19-11-10-15(24)12-18(19)25)33-23-28-27-21(29(23)6-2)14(3)32-17-9-7-8-16(13-17)31-4/h7-14,20H,5-6H2,1-4H3,(H,26,30). The van der Waals surface area contributed by atoms with Crippen molar-refractivity contribution in [3.05, 3.63) is 59.9 Å². The van der Waals surface area contributed by atoms with Crippen molar-refractivity contribution in [2.45, 2.75) is 50.2 Å². The number of amides is 1. The zero-order chi connectivity index (χ0) is 24.0. The fraction of sp³-hybridized carbons (Fsp3) is 0.348. The van der Waals surface area contributed by atoms with E-state index in [-0.39, 0.29) is 5.69 Å². The second-order valence-electron chi connectivity index (χ2n) is 7.15. The first kappa shape index (κ1) is 24.5. The highest BCUT2D eigenvalue weighted by atomic mass is 32.2. The van der Waals surface area contributed by atoms with Gasteiger partial charge in [-0.25, -0.2) is 8.78 Å². The lowest BCUT2D eigenvalue weighted by Crippen LogP contribution is -2.25. The molecule has 0 saturated carbocycles. The number of hydrogen-bond acceptors (Lipinski definition) is 6. The van der Waals surface area contributed by atoms with Gasteiger partial charge in [-0.05, 0) is 44.5 Å². The van der Waals surface area contributed by atoms with Gasteiger partial charge in [-0.3, -0.25) is 4.79 Å². The molecule has 0 aliphatic heterocycles. The van der Waals surface area contributed by atoms with Crippen molar-refractivity contribution < 1.29 is 23.0 Å². The molecule has 1 aromatic heterocycles. The molecule has 2 unspecified atom stereocenters. The highest BCUT2D eigenvalue weighted by Gasteiger charge is 2.25. The third kappa shape index (κ3) is 6.01. The van der Waals surface area contributed by atoms with E-state index in [4.69, 9.17) is 9.47 Å². The number of anilines is 1. The SMILES string of the molecule is CCC(Sc1nnc(C(C)Oc2cccc(OC)c2)n1CC)C(=O)Nc1ccc(F)cc1F. The number of ether oxygens (including phenoxy) is 2. The van der Waals surface area contributed by atoms with Gasteiger partial charge >= 0.3 is 0 Å². The van der Waals surface area contributed by atoms with Gasteiger partial charge in [-0.15, -0.1) is 10.2 Å². The second-order valence-corrected chi connectivity index (χ2v) is 8.32. The molecule has 3 aromatic rings. The molecule has 0 saturated heterocycles. The maximum absolute atomic E-state index is 13.9. The van der Waals surface area contributed by atoms with E-state index in [1.165, 1.54) is 17.8 Å². The Morgan fingerprint density at radius 1 is 1.15 bits per heavy atom. The Morgan fingerprint density at radius 2 is 1.91 bits per heavy atom. The van der Waals surface area contributed by atoms with Crippen LogP contribution in [0.3, 0.4) is 0 Å². The number of rotatable bonds is 10. The molecule has 0 fully saturated rings. The van der Waals surface area contributed by atoms with Crippen LogP contribution in [0.1, 0.15) is 39.1 Å². The van der Waals surface area contributed by atoms with Crippen LogP contribution in [0.25, 0.3) is 0 Å². The summed E-state index contributed by atoms with van der Waals surface area (Å²) in [5.74, 6) is -0.00815. The largest absolute Gasteiger partial charge is 0.497 e. The van der Waals surface area contributed by atoms with Gasteiger partial charge in [0.2, 0.25) is 5.91 Å². The van der Waals surface area contributed by atoms with Crippen molar-refractivity contribution in [2.24, 2.45) is 0 Å². The van der Waals surface area contributed by atoms with E-state index in [2.05, 4.69) is 15.5 Å². The molecule has 10 heteroatoms. The van der Waals surface area contributed by atoms with Crippen molar-refractivity contribution in [2.75, 3.05) is 12.4 Å². The van der Waals surface area contributed by atoms with Gasteiger partial charge in [0.15, 0.2) is 17.1 Å². The van der Waals surface area contributed by atoms with Gasteiger partial charge in [0.25, 0.3) is 0 Å². The minimum absolute atomic E-state index is 0.0709. The third-order valence-electron chi connectivity index (χ3n) is 4.88. The molecule has 0 bridgehead atoms. The molecular formula is C23H26F2N4O3S. The Balaban J connectivity index is 1.73. The summed E-state index contributed by atoms with van der Waals surface area (Å²) in [5.41, 5.74) is -0.0709. The number of thioether (sulfide) groups is 1. The number of hydrogen-bond donors (Lipinski definition) is 1. The Labute approximate surface area is 195 Å². The van der Waals surface area contributed by atoms with Gasteiger partial charge in [-0.1, -0.05) is 24.8 Å². The van der Waals surface area contributed by atoms with Crippen LogP contribution in [-0.4, -0.2) is 33.0 Å². The lowest BCUT2D eigenvalue weighted by Gasteiger charge is -2.17. The summed E-state index contributed by atoms with van der Waals surface area (Å²) in [6.07, 6.45) is 0.0716. The molecule has 0 radical (unpaired) electrons. The predicted molar refractivity (Wildman–Crippen MR) is 123 cm³/mol. The maximum Gasteiger partial charge on any atom is 0.238 e. The van der Waals surface area contributed by atoms with E-state index in [0.29, 0.717) is 35.4 Å². The van der Waals surface area contributed by atoms with Crippen LogP contribution in [0.15, 0.2) is 47.6 Å². The van der Waals surface area contributed by atoms with Gasteiger partial charge in [0.1, 0.15) is 23.1 Å². The molecule has 2 atom stereocenters. The van der Waals surface area contributed by atoms with Crippen LogP contribution in [-0.2, 0) is 11.3 Å². The number of carbonyl (C=O) groups is 1. The normalized spacial score (nSPS) is 12.8. The average Bonchev–Trinajstić information content (AvgIpc) is 3.22. The van der Waals surface area contributed by atoms with Gasteiger partial charge < -0.3 is 19.4 Å². The number of halogens is 2. The fourth-order valence-corrected chi connectivity index (χ4v) is 4.20. The molecule has 1 heterocycles. The summed E-state index contributed by atoms with van der Waals surface area (Å²) in [4.78, 5) is 12.7. The quantitative estimate of drug-likeness (QED) is 0.404. The average molecular weight is 477 g/mol. The molecule has 176 valence electrons. The second kappa shape index (κ2) is 11.1. The summed E-state index contributed by atoms with van der Waals surface area (Å²) >= 11 is 1.23. The minimum Gasteiger partial charge on any atom is -0.497 e. The molecule has 0 spiro atoms. The Morgan fingerprint density at radius 3 is 2.58 bits per heavy atom. The van der Waals surface area contributed by atoms with E-state index < -0.39 is 28.9 Å². The van der Waals surface area contributed by atoms with E-state index in [9.17, 15) is 13.6 Å². The van der Waals surface area contributed by atoms with E-state index in [1.54, 1.807) is 13.2 Å². The summed E-state index contributed by atoms with van der Waals surface area (Å²) < 4.78 is 40.2. The van der Waals surface area contributed by atoms with E-state index >= 15 is 0 Å². The number of methoxy groups -OCH3 is 1. The predicted octanol–water partition coefficient (Wildman–Crippen LogP) is 5.23. The first-order chi connectivity index (χ1) is 15.9. The molecule has 2 aromatic carbocycles. The lowest BCUT2D eigenvalue weighted by atomic mass is 10.2. The topological polar surface area (TPSA) is 78.3 Å². The first-order valence-electron chi connectivity index (χ1n) is 10.5. The van der Waals surface area contributed by atoms with Gasteiger partial charge in [0, 0.05) is 18.7 Å². The Bertz CT molecular complexity index is 1110. The first-order valence-corrected chi connectivity index (χ1v) is 11.4. The maximum atomic E-state index is 13.9. The Hall–Kier alpha value is -3.14. The zero-order valence-corrected chi connectivity index (χ0v) is 19.7.